The van der Waals surface area contributed by atoms with Gasteiger partial charge in [-0.2, -0.15) is 0 Å². The summed E-state index contributed by atoms with van der Waals surface area (Å²) >= 11 is 1.92. The first kappa shape index (κ1) is 7.99. The van der Waals surface area contributed by atoms with Gasteiger partial charge in [0.05, 0.1) is 5.03 Å². The Morgan fingerprint density at radius 1 is 1.70 bits per heavy atom. The first-order valence-corrected chi connectivity index (χ1v) is 4.78. The number of hydrogen-bond donors (Lipinski definition) is 1. The highest BCUT2D eigenvalue weighted by molar-refractivity contribution is 8.03. The van der Waals surface area contributed by atoms with Gasteiger partial charge in [-0.05, 0) is 12.8 Å². The van der Waals surface area contributed by atoms with Crippen molar-refractivity contribution in [2.24, 2.45) is 0 Å². The summed E-state index contributed by atoms with van der Waals surface area (Å²) in [5, 5.41) is 4.69. The summed E-state index contributed by atoms with van der Waals surface area (Å²) in [6, 6.07) is 0. The van der Waals surface area contributed by atoms with Gasteiger partial charge in [0.15, 0.2) is 0 Å². The fraction of sp³-hybridized carbons (Fsp3) is 0.625. The molecule has 1 heterocycles. The van der Waals surface area contributed by atoms with Crippen LogP contribution in [0, 0.1) is 6.92 Å². The topological polar surface area (TPSA) is 12.0 Å². The van der Waals surface area contributed by atoms with E-state index in [2.05, 4.69) is 18.3 Å². The van der Waals surface area contributed by atoms with Crippen LogP contribution in [0.25, 0.3) is 0 Å². The number of rotatable bonds is 3. The van der Waals surface area contributed by atoms with Gasteiger partial charge < -0.3 is 5.32 Å². The van der Waals surface area contributed by atoms with Crippen molar-refractivity contribution in [3.05, 3.63) is 18.0 Å². The van der Waals surface area contributed by atoms with Gasteiger partial charge in [-0.25, -0.2) is 0 Å². The minimum atomic E-state index is 1.05. The molecule has 0 bridgehead atoms. The lowest BCUT2D eigenvalue weighted by molar-refractivity contribution is 0.851. The smallest absolute Gasteiger partial charge is 0.0641 e. The third-order valence-electron chi connectivity index (χ3n) is 1.44. The predicted octanol–water partition coefficient (Wildman–Crippen LogP) is 2.17. The molecule has 0 aromatic heterocycles. The SMILES string of the molecule is [CH2]CCCC=C1NCCS1. The monoisotopic (exact) mass is 156 g/mol. The minimum absolute atomic E-state index is 1.05. The van der Waals surface area contributed by atoms with Crippen LogP contribution in [-0.4, -0.2) is 12.3 Å². The highest BCUT2D eigenvalue weighted by Gasteiger charge is 2.03. The van der Waals surface area contributed by atoms with E-state index in [-0.39, 0.29) is 0 Å². The Balaban J connectivity index is 2.12. The van der Waals surface area contributed by atoms with Gasteiger partial charge in [-0.15, -0.1) is 11.8 Å². The molecule has 1 fully saturated rings. The quantitative estimate of drug-likeness (QED) is 0.628. The van der Waals surface area contributed by atoms with E-state index >= 15 is 0 Å². The van der Waals surface area contributed by atoms with E-state index in [9.17, 15) is 0 Å². The van der Waals surface area contributed by atoms with Crippen molar-refractivity contribution >= 4 is 11.8 Å². The Bertz CT molecular complexity index is 112. The van der Waals surface area contributed by atoms with Crippen LogP contribution >= 0.6 is 11.8 Å². The molecule has 1 rings (SSSR count). The van der Waals surface area contributed by atoms with E-state index in [0.29, 0.717) is 0 Å². The van der Waals surface area contributed by atoms with Crippen molar-refractivity contribution < 1.29 is 0 Å². The molecule has 0 spiro atoms. The van der Waals surface area contributed by atoms with Gasteiger partial charge in [-0.1, -0.05) is 19.4 Å². The molecule has 57 valence electrons. The third-order valence-corrected chi connectivity index (χ3v) is 2.47. The molecular formula is C8H14NS. The fourth-order valence-electron chi connectivity index (χ4n) is 0.895. The van der Waals surface area contributed by atoms with Gasteiger partial charge in [0.1, 0.15) is 0 Å². The van der Waals surface area contributed by atoms with E-state index in [1.165, 1.54) is 23.6 Å². The molecule has 0 aliphatic carbocycles. The summed E-state index contributed by atoms with van der Waals surface area (Å²) < 4.78 is 0. The second-order valence-corrected chi connectivity index (χ2v) is 3.48. The zero-order valence-corrected chi connectivity index (χ0v) is 7.04. The van der Waals surface area contributed by atoms with E-state index in [4.69, 9.17) is 0 Å². The van der Waals surface area contributed by atoms with E-state index in [1.807, 2.05) is 11.8 Å². The highest BCUT2D eigenvalue weighted by Crippen LogP contribution is 2.18. The Kier molecular flexibility index (Phi) is 3.73. The second-order valence-electron chi connectivity index (χ2n) is 2.34. The molecule has 0 unspecified atom stereocenters. The van der Waals surface area contributed by atoms with Gasteiger partial charge in [0.25, 0.3) is 0 Å². The molecule has 1 radical (unpaired) electrons. The average molecular weight is 156 g/mol. The van der Waals surface area contributed by atoms with Crippen molar-refractivity contribution in [2.45, 2.75) is 19.3 Å². The summed E-state index contributed by atoms with van der Waals surface area (Å²) in [4.78, 5) is 0. The number of hydrogen-bond acceptors (Lipinski definition) is 2. The zero-order chi connectivity index (χ0) is 7.23. The number of thioether (sulfide) groups is 1. The Morgan fingerprint density at radius 3 is 3.20 bits per heavy atom. The van der Waals surface area contributed by atoms with Crippen molar-refractivity contribution in [1.29, 1.82) is 0 Å². The lowest BCUT2D eigenvalue weighted by atomic mass is 10.2. The molecule has 0 atom stereocenters. The molecule has 10 heavy (non-hydrogen) atoms. The van der Waals surface area contributed by atoms with E-state index in [0.717, 1.165) is 13.0 Å². The molecule has 1 nitrogen and oxygen atoms in total. The molecule has 1 saturated heterocycles. The molecule has 0 saturated carbocycles. The second kappa shape index (κ2) is 4.67. The number of unbranched alkanes of at least 4 members (excludes halogenated alkanes) is 2. The maximum absolute atomic E-state index is 3.79. The van der Waals surface area contributed by atoms with Gasteiger partial charge in [0, 0.05) is 12.3 Å². The van der Waals surface area contributed by atoms with Crippen LogP contribution in [0.2, 0.25) is 0 Å². The van der Waals surface area contributed by atoms with Crippen LogP contribution in [0.4, 0.5) is 0 Å². The van der Waals surface area contributed by atoms with Crippen LogP contribution in [0.3, 0.4) is 0 Å². The molecule has 0 aromatic carbocycles. The summed E-state index contributed by atoms with van der Waals surface area (Å²) in [7, 11) is 0. The molecule has 1 N–H and O–H groups in total. The third kappa shape index (κ3) is 2.65. The van der Waals surface area contributed by atoms with Crippen molar-refractivity contribution in [2.75, 3.05) is 12.3 Å². The van der Waals surface area contributed by atoms with E-state index in [1.54, 1.807) is 0 Å². The average Bonchev–Trinajstić information content (AvgIpc) is 2.41. The Morgan fingerprint density at radius 2 is 2.60 bits per heavy atom. The first-order chi connectivity index (χ1) is 4.93. The molecule has 1 aliphatic heterocycles. The zero-order valence-electron chi connectivity index (χ0n) is 6.23. The minimum Gasteiger partial charge on any atom is -0.379 e. The van der Waals surface area contributed by atoms with Gasteiger partial charge >= 0.3 is 0 Å². The number of nitrogens with one attached hydrogen (secondary N) is 1. The van der Waals surface area contributed by atoms with E-state index < -0.39 is 0 Å². The molecular weight excluding hydrogens is 142 g/mol. The molecule has 0 amide bonds. The fourth-order valence-corrected chi connectivity index (χ4v) is 1.76. The molecule has 1 aliphatic rings. The van der Waals surface area contributed by atoms with Crippen LogP contribution in [0.15, 0.2) is 11.1 Å². The van der Waals surface area contributed by atoms with Crippen LogP contribution in [-0.2, 0) is 0 Å². The lowest BCUT2D eigenvalue weighted by Gasteiger charge is -1.95. The molecule has 0 aromatic rings. The lowest BCUT2D eigenvalue weighted by Crippen LogP contribution is -2.03. The summed E-state index contributed by atoms with van der Waals surface area (Å²) in [5.74, 6) is 1.23. The van der Waals surface area contributed by atoms with Crippen LogP contribution in [0.5, 0.6) is 0 Å². The highest BCUT2D eigenvalue weighted by atomic mass is 32.2. The van der Waals surface area contributed by atoms with Gasteiger partial charge in [-0.3, -0.25) is 0 Å². The molecule has 2 heteroatoms. The maximum atomic E-state index is 3.79. The van der Waals surface area contributed by atoms with Crippen molar-refractivity contribution in [3.8, 4) is 0 Å². The largest absolute Gasteiger partial charge is 0.379 e. The normalized spacial score (nSPS) is 21.5. The van der Waals surface area contributed by atoms with Crippen LogP contribution < -0.4 is 5.32 Å². The van der Waals surface area contributed by atoms with Crippen molar-refractivity contribution in [1.82, 2.24) is 5.32 Å². The van der Waals surface area contributed by atoms with Crippen LogP contribution in [0.1, 0.15) is 19.3 Å². The Hall–Kier alpha value is -0.110. The predicted molar refractivity (Wildman–Crippen MR) is 47.8 cm³/mol. The summed E-state index contributed by atoms with van der Waals surface area (Å²) in [5.41, 5.74) is 0. The Labute approximate surface area is 67.3 Å². The standard InChI is InChI=1S/C8H14NS/c1-2-3-4-5-8-9-6-7-10-8/h5,9H,1-4,6-7H2. The summed E-state index contributed by atoms with van der Waals surface area (Å²) in [6.45, 7) is 4.93. The number of allylic oxidation sites excluding steroid dienone is 1. The van der Waals surface area contributed by atoms with Crippen molar-refractivity contribution in [3.63, 3.8) is 0 Å². The maximum Gasteiger partial charge on any atom is 0.0641 e. The van der Waals surface area contributed by atoms with Gasteiger partial charge in [0.2, 0.25) is 0 Å². The summed E-state index contributed by atoms with van der Waals surface area (Å²) in [6.07, 6.45) is 5.72. The first-order valence-electron chi connectivity index (χ1n) is 3.79.